The average molecular weight is 266 g/mol. The molecule has 1 N–H and O–H groups in total. The van der Waals surface area contributed by atoms with Gasteiger partial charge in [-0.3, -0.25) is 0 Å². The van der Waals surface area contributed by atoms with Crippen molar-refractivity contribution in [2.24, 2.45) is 11.3 Å². The highest BCUT2D eigenvalue weighted by Gasteiger charge is 2.38. The molecule has 0 aromatic rings. The standard InChI is InChI=1S/C17H34N2/c1-14-8-10-17(11-9-14,12-18-16(2,3)4)13-19(5)15-6-7-15/h14-15,18H,6-13H2,1-5H3. The molecule has 2 fully saturated rings. The van der Waals surface area contributed by atoms with Crippen molar-refractivity contribution in [2.45, 2.75) is 77.8 Å². The van der Waals surface area contributed by atoms with Gasteiger partial charge in [-0.15, -0.1) is 0 Å². The molecule has 0 aromatic carbocycles. The van der Waals surface area contributed by atoms with Gasteiger partial charge in [0.2, 0.25) is 0 Å². The van der Waals surface area contributed by atoms with Gasteiger partial charge in [0.05, 0.1) is 0 Å². The number of nitrogens with one attached hydrogen (secondary N) is 1. The van der Waals surface area contributed by atoms with E-state index in [0.717, 1.165) is 12.0 Å². The lowest BCUT2D eigenvalue weighted by atomic mass is 9.70. The molecule has 2 aliphatic rings. The van der Waals surface area contributed by atoms with Crippen LogP contribution in [-0.2, 0) is 0 Å². The molecular formula is C17H34N2. The Hall–Kier alpha value is -0.0800. The Labute approximate surface area is 120 Å². The number of nitrogens with zero attached hydrogens (tertiary/aromatic N) is 1. The second-order valence-electron chi connectivity index (χ2n) is 8.43. The van der Waals surface area contributed by atoms with Gasteiger partial charge in [0, 0.05) is 24.7 Å². The van der Waals surface area contributed by atoms with Crippen molar-refractivity contribution in [3.63, 3.8) is 0 Å². The first kappa shape index (κ1) is 15.3. The predicted molar refractivity (Wildman–Crippen MR) is 83.5 cm³/mol. The highest BCUT2D eigenvalue weighted by molar-refractivity contribution is 4.93. The van der Waals surface area contributed by atoms with E-state index in [2.05, 4.69) is 45.0 Å². The molecule has 19 heavy (non-hydrogen) atoms. The Morgan fingerprint density at radius 2 is 1.68 bits per heavy atom. The smallest absolute Gasteiger partial charge is 0.00967 e. The van der Waals surface area contributed by atoms with Gasteiger partial charge in [-0.1, -0.05) is 19.8 Å². The normalized spacial score (nSPS) is 32.8. The van der Waals surface area contributed by atoms with Crippen LogP contribution >= 0.6 is 0 Å². The molecule has 0 radical (unpaired) electrons. The summed E-state index contributed by atoms with van der Waals surface area (Å²) in [6, 6.07) is 0.894. The minimum absolute atomic E-state index is 0.244. The summed E-state index contributed by atoms with van der Waals surface area (Å²) in [4.78, 5) is 2.64. The SMILES string of the molecule is CC1CCC(CNC(C)(C)C)(CN(C)C2CC2)CC1. The van der Waals surface area contributed by atoms with Gasteiger partial charge >= 0.3 is 0 Å². The number of hydrogen-bond donors (Lipinski definition) is 1. The zero-order valence-corrected chi connectivity index (χ0v) is 13.8. The summed E-state index contributed by atoms with van der Waals surface area (Å²) < 4.78 is 0. The van der Waals surface area contributed by atoms with Gasteiger partial charge < -0.3 is 10.2 Å². The van der Waals surface area contributed by atoms with Gasteiger partial charge in [-0.2, -0.15) is 0 Å². The topological polar surface area (TPSA) is 15.3 Å². The summed E-state index contributed by atoms with van der Waals surface area (Å²) in [7, 11) is 2.34. The maximum atomic E-state index is 3.79. The minimum Gasteiger partial charge on any atom is -0.311 e. The largest absolute Gasteiger partial charge is 0.311 e. The lowest BCUT2D eigenvalue weighted by Crippen LogP contribution is -2.50. The van der Waals surface area contributed by atoms with Gasteiger partial charge in [-0.25, -0.2) is 0 Å². The molecule has 0 saturated heterocycles. The summed E-state index contributed by atoms with van der Waals surface area (Å²) in [5.74, 6) is 0.939. The molecule has 0 amide bonds. The minimum atomic E-state index is 0.244. The first-order valence-electron chi connectivity index (χ1n) is 8.25. The van der Waals surface area contributed by atoms with Crippen molar-refractivity contribution >= 4 is 0 Å². The van der Waals surface area contributed by atoms with Crippen LogP contribution in [0.2, 0.25) is 0 Å². The molecular weight excluding hydrogens is 232 g/mol. The monoisotopic (exact) mass is 266 g/mol. The highest BCUT2D eigenvalue weighted by Crippen LogP contribution is 2.41. The summed E-state index contributed by atoms with van der Waals surface area (Å²) in [5, 5.41) is 3.79. The van der Waals surface area contributed by atoms with Crippen LogP contribution in [0, 0.1) is 11.3 Å². The summed E-state index contributed by atoms with van der Waals surface area (Å²) in [5.41, 5.74) is 0.769. The van der Waals surface area contributed by atoms with Crippen LogP contribution in [0.4, 0.5) is 0 Å². The van der Waals surface area contributed by atoms with E-state index in [1.165, 1.54) is 51.6 Å². The third kappa shape index (κ3) is 4.75. The molecule has 2 nitrogen and oxygen atoms in total. The van der Waals surface area contributed by atoms with Crippen molar-refractivity contribution in [1.82, 2.24) is 10.2 Å². The summed E-state index contributed by atoms with van der Waals surface area (Å²) in [6.07, 6.45) is 8.52. The average Bonchev–Trinajstić information content (AvgIpc) is 3.13. The van der Waals surface area contributed by atoms with E-state index >= 15 is 0 Å². The van der Waals surface area contributed by atoms with Crippen LogP contribution in [0.1, 0.15) is 66.2 Å². The van der Waals surface area contributed by atoms with E-state index in [-0.39, 0.29) is 5.54 Å². The Morgan fingerprint density at radius 3 is 2.16 bits per heavy atom. The third-order valence-electron chi connectivity index (χ3n) is 5.08. The van der Waals surface area contributed by atoms with Crippen LogP contribution in [0.15, 0.2) is 0 Å². The van der Waals surface area contributed by atoms with Crippen molar-refractivity contribution < 1.29 is 0 Å². The second-order valence-corrected chi connectivity index (χ2v) is 8.43. The first-order chi connectivity index (χ1) is 8.80. The Morgan fingerprint density at radius 1 is 1.11 bits per heavy atom. The van der Waals surface area contributed by atoms with Gasteiger partial charge in [0.1, 0.15) is 0 Å². The fourth-order valence-electron chi connectivity index (χ4n) is 3.39. The Kier molecular flexibility index (Phi) is 4.62. The fourth-order valence-corrected chi connectivity index (χ4v) is 3.39. The number of hydrogen-bond acceptors (Lipinski definition) is 2. The van der Waals surface area contributed by atoms with Crippen molar-refractivity contribution in [2.75, 3.05) is 20.1 Å². The highest BCUT2D eigenvalue weighted by atomic mass is 15.2. The Balaban J connectivity index is 1.95. The summed E-state index contributed by atoms with van der Waals surface area (Å²) >= 11 is 0. The zero-order valence-electron chi connectivity index (χ0n) is 13.8. The maximum absolute atomic E-state index is 3.79. The lowest BCUT2D eigenvalue weighted by Gasteiger charge is -2.44. The number of rotatable bonds is 5. The molecule has 2 heteroatoms. The van der Waals surface area contributed by atoms with Gasteiger partial charge in [0.25, 0.3) is 0 Å². The molecule has 2 rings (SSSR count). The predicted octanol–water partition coefficient (Wildman–Crippen LogP) is 3.67. The molecule has 112 valence electrons. The lowest BCUT2D eigenvalue weighted by molar-refractivity contribution is 0.0884. The van der Waals surface area contributed by atoms with E-state index < -0.39 is 0 Å². The molecule has 0 bridgehead atoms. The van der Waals surface area contributed by atoms with Crippen LogP contribution in [0.3, 0.4) is 0 Å². The van der Waals surface area contributed by atoms with E-state index in [1.807, 2.05) is 0 Å². The Bertz CT molecular complexity index is 280. The molecule has 0 aliphatic heterocycles. The van der Waals surface area contributed by atoms with E-state index in [0.29, 0.717) is 5.41 Å². The molecule has 2 saturated carbocycles. The van der Waals surface area contributed by atoms with Gasteiger partial charge in [-0.05, 0) is 64.8 Å². The van der Waals surface area contributed by atoms with Crippen LogP contribution in [0.5, 0.6) is 0 Å². The third-order valence-corrected chi connectivity index (χ3v) is 5.08. The van der Waals surface area contributed by atoms with Crippen LogP contribution in [0.25, 0.3) is 0 Å². The second kappa shape index (κ2) is 5.73. The summed E-state index contributed by atoms with van der Waals surface area (Å²) in [6.45, 7) is 11.8. The van der Waals surface area contributed by atoms with Crippen molar-refractivity contribution in [3.05, 3.63) is 0 Å². The molecule has 0 unspecified atom stereocenters. The van der Waals surface area contributed by atoms with Crippen molar-refractivity contribution in [1.29, 1.82) is 0 Å². The van der Waals surface area contributed by atoms with Crippen molar-refractivity contribution in [3.8, 4) is 0 Å². The van der Waals surface area contributed by atoms with E-state index in [9.17, 15) is 0 Å². The zero-order chi connectivity index (χ0) is 14.1. The molecule has 0 spiro atoms. The first-order valence-corrected chi connectivity index (χ1v) is 8.25. The molecule has 0 atom stereocenters. The van der Waals surface area contributed by atoms with E-state index in [1.54, 1.807) is 0 Å². The molecule has 0 heterocycles. The maximum Gasteiger partial charge on any atom is 0.00967 e. The molecule has 2 aliphatic carbocycles. The van der Waals surface area contributed by atoms with E-state index in [4.69, 9.17) is 0 Å². The quantitative estimate of drug-likeness (QED) is 0.817. The van der Waals surface area contributed by atoms with Crippen LogP contribution in [-0.4, -0.2) is 36.6 Å². The van der Waals surface area contributed by atoms with Gasteiger partial charge in [0.15, 0.2) is 0 Å². The fraction of sp³-hybridized carbons (Fsp3) is 1.00. The molecule has 0 aromatic heterocycles. The van der Waals surface area contributed by atoms with Crippen LogP contribution < -0.4 is 5.32 Å².